The minimum atomic E-state index is -2.85. The van der Waals surface area contributed by atoms with Gasteiger partial charge in [0.05, 0.1) is 11.5 Å². The smallest absolute Gasteiger partial charge is 0.336 e. The first kappa shape index (κ1) is 16.2. The summed E-state index contributed by atoms with van der Waals surface area (Å²) in [6.07, 6.45) is 0.726. The first-order valence-electron chi connectivity index (χ1n) is 7.75. The van der Waals surface area contributed by atoms with E-state index in [0.29, 0.717) is 24.4 Å². The third-order valence-corrected chi connectivity index (χ3v) is 6.16. The molecule has 0 N–H and O–H groups in total. The van der Waals surface area contributed by atoms with E-state index >= 15 is 0 Å². The molecule has 0 spiro atoms. The van der Waals surface area contributed by atoms with E-state index in [1.165, 1.54) is 6.07 Å². The van der Waals surface area contributed by atoms with Crippen LogP contribution in [0.1, 0.15) is 17.5 Å². The Kier molecular flexibility index (Phi) is 4.29. The van der Waals surface area contributed by atoms with Gasteiger partial charge in [-0.05, 0) is 43.5 Å². The molecule has 1 aliphatic rings. The Morgan fingerprint density at radius 3 is 2.78 bits per heavy atom. The Balaban J connectivity index is 1.80. The van der Waals surface area contributed by atoms with Crippen molar-refractivity contribution in [3.05, 3.63) is 45.8 Å². The molecule has 3 rings (SSSR count). The summed E-state index contributed by atoms with van der Waals surface area (Å²) < 4.78 is 28.4. The normalized spacial score (nSPS) is 20.4. The molecule has 23 heavy (non-hydrogen) atoms. The van der Waals surface area contributed by atoms with Crippen molar-refractivity contribution in [3.63, 3.8) is 0 Å². The van der Waals surface area contributed by atoms with Gasteiger partial charge in [0, 0.05) is 24.5 Å². The van der Waals surface area contributed by atoms with Gasteiger partial charge in [-0.2, -0.15) is 0 Å². The molecular formula is C17H21NO4S. The fraction of sp³-hybridized carbons (Fsp3) is 0.471. The maximum absolute atomic E-state index is 11.8. The molecule has 0 aliphatic carbocycles. The molecule has 2 heterocycles. The Morgan fingerprint density at radius 2 is 2.09 bits per heavy atom. The van der Waals surface area contributed by atoms with Crippen LogP contribution in [0.25, 0.3) is 11.0 Å². The van der Waals surface area contributed by atoms with Crippen molar-refractivity contribution in [1.29, 1.82) is 0 Å². The second-order valence-electron chi connectivity index (χ2n) is 6.56. The van der Waals surface area contributed by atoms with E-state index in [-0.39, 0.29) is 17.3 Å². The van der Waals surface area contributed by atoms with Crippen LogP contribution in [-0.2, 0) is 16.4 Å². The van der Waals surface area contributed by atoms with Crippen LogP contribution in [0, 0.1) is 12.8 Å². The summed E-state index contributed by atoms with van der Waals surface area (Å²) in [5.74, 6) is 0.746. The minimum absolute atomic E-state index is 0.179. The highest BCUT2D eigenvalue weighted by Crippen LogP contribution is 2.22. The molecule has 0 unspecified atom stereocenters. The highest BCUT2D eigenvalue weighted by molar-refractivity contribution is 7.91. The average molecular weight is 335 g/mol. The molecule has 0 radical (unpaired) electrons. The molecule has 1 fully saturated rings. The van der Waals surface area contributed by atoms with Crippen LogP contribution in [0.15, 0.2) is 33.5 Å². The molecule has 124 valence electrons. The number of fused-ring (bicyclic) bond motifs is 1. The van der Waals surface area contributed by atoms with Crippen molar-refractivity contribution in [1.82, 2.24) is 4.90 Å². The number of rotatable bonds is 4. The molecule has 0 saturated carbocycles. The van der Waals surface area contributed by atoms with Gasteiger partial charge in [0.15, 0.2) is 9.84 Å². The lowest BCUT2D eigenvalue weighted by Crippen LogP contribution is -2.26. The van der Waals surface area contributed by atoms with Crippen LogP contribution in [0.3, 0.4) is 0 Å². The van der Waals surface area contributed by atoms with Crippen LogP contribution in [0.5, 0.6) is 0 Å². The van der Waals surface area contributed by atoms with Gasteiger partial charge >= 0.3 is 5.63 Å². The Hall–Kier alpha value is -1.66. The van der Waals surface area contributed by atoms with Crippen molar-refractivity contribution >= 4 is 20.8 Å². The Bertz CT molecular complexity index is 885. The molecule has 0 amide bonds. The van der Waals surface area contributed by atoms with E-state index in [9.17, 15) is 13.2 Å². The van der Waals surface area contributed by atoms with Crippen molar-refractivity contribution in [3.8, 4) is 0 Å². The average Bonchev–Trinajstić information content (AvgIpc) is 2.76. The number of nitrogens with zero attached hydrogens (tertiary/aromatic N) is 1. The van der Waals surface area contributed by atoms with Crippen LogP contribution >= 0.6 is 0 Å². The molecule has 5 nitrogen and oxygen atoms in total. The van der Waals surface area contributed by atoms with Crippen LogP contribution in [-0.4, -0.2) is 38.4 Å². The summed E-state index contributed by atoms with van der Waals surface area (Å²) in [5.41, 5.74) is 2.21. The quantitative estimate of drug-likeness (QED) is 0.799. The van der Waals surface area contributed by atoms with E-state index < -0.39 is 9.84 Å². The number of aryl methyl sites for hydroxylation is 1. The molecule has 1 aromatic carbocycles. The lowest BCUT2D eigenvalue weighted by atomic mass is 10.1. The SMILES string of the molecule is Cc1ccc2c(CN(C)C[C@H]3CCS(=O)(=O)C3)cc(=O)oc2c1. The minimum Gasteiger partial charge on any atom is -0.423 e. The number of sulfone groups is 1. The van der Waals surface area contributed by atoms with Gasteiger partial charge in [-0.1, -0.05) is 12.1 Å². The predicted octanol–water partition coefficient (Wildman–Crippen LogP) is 1.97. The highest BCUT2D eigenvalue weighted by Gasteiger charge is 2.28. The topological polar surface area (TPSA) is 67.6 Å². The molecular weight excluding hydrogens is 314 g/mol. The van der Waals surface area contributed by atoms with Crippen molar-refractivity contribution in [2.45, 2.75) is 19.9 Å². The summed E-state index contributed by atoms with van der Waals surface area (Å²) in [6.45, 7) is 3.27. The van der Waals surface area contributed by atoms with Crippen molar-refractivity contribution in [2.24, 2.45) is 5.92 Å². The second-order valence-corrected chi connectivity index (χ2v) is 8.78. The molecule has 6 heteroatoms. The summed E-state index contributed by atoms with van der Waals surface area (Å²) in [7, 11) is -0.894. The monoisotopic (exact) mass is 335 g/mol. The predicted molar refractivity (Wildman–Crippen MR) is 90.3 cm³/mol. The zero-order valence-electron chi connectivity index (χ0n) is 13.4. The lowest BCUT2D eigenvalue weighted by Gasteiger charge is -2.20. The first-order valence-corrected chi connectivity index (χ1v) is 9.57. The van der Waals surface area contributed by atoms with E-state index in [4.69, 9.17) is 4.42 Å². The van der Waals surface area contributed by atoms with Crippen LogP contribution in [0.4, 0.5) is 0 Å². The Morgan fingerprint density at radius 1 is 1.30 bits per heavy atom. The number of hydrogen-bond donors (Lipinski definition) is 0. The van der Waals surface area contributed by atoms with Gasteiger partial charge < -0.3 is 9.32 Å². The summed E-state index contributed by atoms with van der Waals surface area (Å²) in [5, 5.41) is 0.932. The van der Waals surface area contributed by atoms with E-state index in [2.05, 4.69) is 4.90 Å². The largest absolute Gasteiger partial charge is 0.423 e. The van der Waals surface area contributed by atoms with E-state index in [1.54, 1.807) is 0 Å². The summed E-state index contributed by atoms with van der Waals surface area (Å²) in [6, 6.07) is 7.36. The van der Waals surface area contributed by atoms with Crippen molar-refractivity contribution < 1.29 is 12.8 Å². The van der Waals surface area contributed by atoms with E-state index in [1.807, 2.05) is 32.2 Å². The van der Waals surface area contributed by atoms with Gasteiger partial charge in [0.1, 0.15) is 5.58 Å². The summed E-state index contributed by atoms with van der Waals surface area (Å²) >= 11 is 0. The zero-order chi connectivity index (χ0) is 16.6. The van der Waals surface area contributed by atoms with Gasteiger partial charge in [0.25, 0.3) is 0 Å². The second kappa shape index (κ2) is 6.09. The van der Waals surface area contributed by atoms with Crippen molar-refractivity contribution in [2.75, 3.05) is 25.1 Å². The molecule has 1 aromatic heterocycles. The van der Waals surface area contributed by atoms with Gasteiger partial charge in [-0.15, -0.1) is 0 Å². The zero-order valence-corrected chi connectivity index (χ0v) is 14.2. The maximum atomic E-state index is 11.8. The fourth-order valence-electron chi connectivity index (χ4n) is 3.28. The number of benzene rings is 1. The Labute approximate surface area is 135 Å². The standard InChI is InChI=1S/C17H21NO4S/c1-12-3-4-15-14(8-17(19)22-16(15)7-12)10-18(2)9-13-5-6-23(20,21)11-13/h3-4,7-8,13H,5-6,9-11H2,1-2H3/t13-/m1/s1. The lowest BCUT2D eigenvalue weighted by molar-refractivity contribution is 0.282. The molecule has 1 saturated heterocycles. The third kappa shape index (κ3) is 3.82. The van der Waals surface area contributed by atoms with E-state index in [0.717, 1.165) is 22.9 Å². The molecule has 1 aliphatic heterocycles. The van der Waals surface area contributed by atoms with Crippen LogP contribution in [0.2, 0.25) is 0 Å². The van der Waals surface area contributed by atoms with Gasteiger partial charge in [-0.25, -0.2) is 13.2 Å². The van der Waals surface area contributed by atoms with Gasteiger partial charge in [-0.3, -0.25) is 0 Å². The van der Waals surface area contributed by atoms with Crippen LogP contribution < -0.4 is 5.63 Å². The van der Waals surface area contributed by atoms with Gasteiger partial charge in [0.2, 0.25) is 0 Å². The first-order chi connectivity index (χ1) is 10.8. The highest BCUT2D eigenvalue weighted by atomic mass is 32.2. The third-order valence-electron chi connectivity index (χ3n) is 4.32. The molecule has 0 bridgehead atoms. The number of hydrogen-bond acceptors (Lipinski definition) is 5. The maximum Gasteiger partial charge on any atom is 0.336 e. The fourth-order valence-corrected chi connectivity index (χ4v) is 5.13. The molecule has 2 aromatic rings. The molecule has 1 atom stereocenters. The summed E-state index contributed by atoms with van der Waals surface area (Å²) in [4.78, 5) is 13.8.